The van der Waals surface area contributed by atoms with E-state index in [0.29, 0.717) is 31.9 Å². The maximum absolute atomic E-state index is 12.5. The molecule has 4 aromatic rings. The molecule has 35 heavy (non-hydrogen) atoms. The number of amides is 1. The van der Waals surface area contributed by atoms with E-state index in [9.17, 15) is 9.59 Å². The van der Waals surface area contributed by atoms with Crippen LogP contribution in [-0.4, -0.2) is 34.8 Å². The summed E-state index contributed by atoms with van der Waals surface area (Å²) in [5.41, 5.74) is 2.82. The van der Waals surface area contributed by atoms with Crippen LogP contribution in [0.4, 0.5) is 10.5 Å². The number of carbonyl (C=O) groups excluding carboxylic acids is 2. The van der Waals surface area contributed by atoms with E-state index in [-0.39, 0.29) is 6.10 Å². The number of esters is 1. The van der Waals surface area contributed by atoms with Gasteiger partial charge in [0.15, 0.2) is 4.88 Å². The maximum Gasteiger partial charge on any atom is 0.411 e. The van der Waals surface area contributed by atoms with E-state index >= 15 is 0 Å². The molecule has 4 rings (SSSR count). The third-order valence-electron chi connectivity index (χ3n) is 5.08. The van der Waals surface area contributed by atoms with Crippen molar-refractivity contribution in [2.24, 2.45) is 0 Å². The van der Waals surface area contributed by atoms with Gasteiger partial charge in [0.1, 0.15) is 23.2 Å². The minimum absolute atomic E-state index is 0.224. The normalized spacial score (nSPS) is 11.9. The molecule has 182 valence electrons. The average Bonchev–Trinajstić information content (AvgIpc) is 3.42. The van der Waals surface area contributed by atoms with Crippen molar-refractivity contribution in [3.63, 3.8) is 0 Å². The molecular weight excluding hydrogens is 490 g/mol. The summed E-state index contributed by atoms with van der Waals surface area (Å²) in [5.74, 6) is -0.108. The number of methoxy groups -OCH3 is 1. The van der Waals surface area contributed by atoms with Gasteiger partial charge in [0, 0.05) is 22.3 Å². The Labute approximate surface area is 211 Å². The number of hydrogen-bond acceptors (Lipinski definition) is 7. The Morgan fingerprint density at radius 1 is 1.11 bits per heavy atom. The van der Waals surface area contributed by atoms with Crippen molar-refractivity contribution in [1.29, 1.82) is 0 Å². The minimum atomic E-state index is -0.533. The van der Waals surface area contributed by atoms with Crippen LogP contribution in [0.5, 0.6) is 5.75 Å². The molecule has 2 aromatic heterocycles. The minimum Gasteiger partial charge on any atom is -0.484 e. The number of nitrogens with zero attached hydrogens (tertiary/aromatic N) is 2. The van der Waals surface area contributed by atoms with Gasteiger partial charge in [0.25, 0.3) is 0 Å². The first-order valence-corrected chi connectivity index (χ1v) is 12.0. The summed E-state index contributed by atoms with van der Waals surface area (Å²) in [6.07, 6.45) is 0.495. The number of carbonyl (C=O) groups is 2. The van der Waals surface area contributed by atoms with Gasteiger partial charge >= 0.3 is 12.1 Å². The Kier molecular flexibility index (Phi) is 7.28. The molecule has 0 aliphatic carbocycles. The Bertz CT molecular complexity index is 1380. The van der Waals surface area contributed by atoms with Crippen molar-refractivity contribution in [2.45, 2.75) is 33.0 Å². The van der Waals surface area contributed by atoms with Gasteiger partial charge in [-0.1, -0.05) is 29.8 Å². The number of benzene rings is 2. The fraction of sp³-hybridized carbons (Fsp3) is 0.240. The Morgan fingerprint density at radius 2 is 1.89 bits per heavy atom. The second-order valence-corrected chi connectivity index (χ2v) is 9.39. The summed E-state index contributed by atoms with van der Waals surface area (Å²) in [4.78, 5) is 29.2. The molecule has 2 heterocycles. The lowest BCUT2D eigenvalue weighted by Crippen LogP contribution is -2.17. The molecule has 2 aromatic carbocycles. The van der Waals surface area contributed by atoms with Gasteiger partial charge in [-0.25, -0.2) is 14.6 Å². The van der Waals surface area contributed by atoms with Gasteiger partial charge in [-0.05, 0) is 45.0 Å². The first-order valence-electron chi connectivity index (χ1n) is 10.8. The van der Waals surface area contributed by atoms with Gasteiger partial charge in [-0.3, -0.25) is 9.88 Å². The van der Waals surface area contributed by atoms with E-state index in [1.807, 2.05) is 35.8 Å². The summed E-state index contributed by atoms with van der Waals surface area (Å²) < 4.78 is 18.1. The number of rotatable bonds is 7. The third-order valence-corrected chi connectivity index (χ3v) is 6.52. The van der Waals surface area contributed by atoms with Crippen molar-refractivity contribution in [2.75, 3.05) is 12.4 Å². The lowest BCUT2D eigenvalue weighted by Gasteiger charge is -2.16. The van der Waals surface area contributed by atoms with Crippen LogP contribution in [0.3, 0.4) is 0 Å². The molecule has 0 saturated carbocycles. The molecule has 0 spiro atoms. The van der Waals surface area contributed by atoms with E-state index in [2.05, 4.69) is 10.3 Å². The molecule has 1 N–H and O–H groups in total. The molecule has 0 bridgehead atoms. The topological polar surface area (TPSA) is 91.7 Å². The Hall–Kier alpha value is -3.56. The molecule has 1 atom stereocenters. The first-order chi connectivity index (χ1) is 16.8. The highest BCUT2D eigenvalue weighted by atomic mass is 35.5. The number of fused-ring (bicyclic) bond motifs is 1. The van der Waals surface area contributed by atoms with Gasteiger partial charge in [0.05, 0.1) is 24.2 Å². The Balaban J connectivity index is 1.65. The van der Waals surface area contributed by atoms with Crippen LogP contribution in [0.15, 0.2) is 54.9 Å². The zero-order valence-corrected chi connectivity index (χ0v) is 21.1. The van der Waals surface area contributed by atoms with Crippen LogP contribution < -0.4 is 10.1 Å². The first kappa shape index (κ1) is 24.6. The van der Waals surface area contributed by atoms with E-state index in [1.165, 1.54) is 18.4 Å². The van der Waals surface area contributed by atoms with E-state index < -0.39 is 18.2 Å². The summed E-state index contributed by atoms with van der Waals surface area (Å²) >= 11 is 7.55. The SMILES string of the molecule is COC(=O)c1sc(-n2cnc3cc(NC(=O)OC(C)C)ccc32)cc1OC(C)c1ccccc1Cl. The molecule has 0 aliphatic rings. The number of imidazole rings is 1. The second kappa shape index (κ2) is 10.4. The molecule has 0 radical (unpaired) electrons. The molecule has 0 fully saturated rings. The van der Waals surface area contributed by atoms with Crippen molar-refractivity contribution in [3.05, 3.63) is 70.3 Å². The average molecular weight is 514 g/mol. The number of anilines is 1. The molecule has 0 saturated heterocycles. The highest BCUT2D eigenvalue weighted by Crippen LogP contribution is 2.37. The molecular formula is C25H24ClN3O5S. The Morgan fingerprint density at radius 3 is 2.60 bits per heavy atom. The molecule has 1 unspecified atom stereocenters. The standard InChI is InChI=1S/C25H24ClN3O5S/c1-14(2)33-25(31)28-16-9-10-20-19(11-16)27-13-29(20)22-12-21(23(35-22)24(30)32-4)34-15(3)17-7-5-6-8-18(17)26/h5-15H,1-4H3,(H,28,31). The molecule has 8 nitrogen and oxygen atoms in total. The van der Waals surface area contributed by atoms with Crippen LogP contribution in [0, 0.1) is 0 Å². The summed E-state index contributed by atoms with van der Waals surface area (Å²) in [6, 6.07) is 14.5. The number of ether oxygens (including phenoxy) is 3. The zero-order chi connectivity index (χ0) is 25.1. The van der Waals surface area contributed by atoms with E-state index in [0.717, 1.165) is 11.1 Å². The van der Waals surface area contributed by atoms with Crippen molar-refractivity contribution in [1.82, 2.24) is 9.55 Å². The highest BCUT2D eigenvalue weighted by Gasteiger charge is 2.23. The number of halogens is 1. The number of aromatic nitrogens is 2. The van der Waals surface area contributed by atoms with Crippen LogP contribution >= 0.6 is 22.9 Å². The van der Waals surface area contributed by atoms with Crippen LogP contribution in [-0.2, 0) is 9.47 Å². The fourth-order valence-electron chi connectivity index (χ4n) is 3.49. The molecule has 10 heteroatoms. The monoisotopic (exact) mass is 513 g/mol. The lowest BCUT2D eigenvalue weighted by molar-refractivity contribution is 0.0600. The molecule has 0 aliphatic heterocycles. The number of hydrogen-bond donors (Lipinski definition) is 1. The van der Waals surface area contributed by atoms with Crippen molar-refractivity contribution in [3.8, 4) is 10.8 Å². The van der Waals surface area contributed by atoms with E-state index in [1.54, 1.807) is 44.4 Å². The highest BCUT2D eigenvalue weighted by molar-refractivity contribution is 7.16. The summed E-state index contributed by atoms with van der Waals surface area (Å²) in [5, 5.41) is 3.99. The maximum atomic E-state index is 12.5. The van der Waals surface area contributed by atoms with Crippen LogP contribution in [0.1, 0.15) is 42.1 Å². The number of thiophene rings is 1. The van der Waals surface area contributed by atoms with Crippen molar-refractivity contribution < 1.29 is 23.8 Å². The third kappa shape index (κ3) is 5.41. The lowest BCUT2D eigenvalue weighted by atomic mass is 10.1. The summed E-state index contributed by atoms with van der Waals surface area (Å²) in [6.45, 7) is 5.42. The van der Waals surface area contributed by atoms with Crippen LogP contribution in [0.25, 0.3) is 16.0 Å². The van der Waals surface area contributed by atoms with E-state index in [4.69, 9.17) is 25.8 Å². The predicted octanol–water partition coefficient (Wildman–Crippen LogP) is 6.62. The molecule has 1 amide bonds. The van der Waals surface area contributed by atoms with Gasteiger partial charge in [0.2, 0.25) is 0 Å². The van der Waals surface area contributed by atoms with Crippen LogP contribution in [0.2, 0.25) is 5.02 Å². The predicted molar refractivity (Wildman–Crippen MR) is 136 cm³/mol. The zero-order valence-electron chi connectivity index (χ0n) is 19.6. The summed E-state index contributed by atoms with van der Waals surface area (Å²) in [7, 11) is 1.33. The second-order valence-electron chi connectivity index (χ2n) is 7.95. The fourth-order valence-corrected chi connectivity index (χ4v) is 4.77. The largest absolute Gasteiger partial charge is 0.484 e. The van der Waals surface area contributed by atoms with Gasteiger partial charge in [-0.2, -0.15) is 0 Å². The number of nitrogens with one attached hydrogen (secondary N) is 1. The van der Waals surface area contributed by atoms with Gasteiger partial charge < -0.3 is 14.2 Å². The van der Waals surface area contributed by atoms with Crippen molar-refractivity contribution >= 4 is 51.7 Å². The van der Waals surface area contributed by atoms with Gasteiger partial charge in [-0.15, -0.1) is 11.3 Å². The smallest absolute Gasteiger partial charge is 0.411 e. The quantitative estimate of drug-likeness (QED) is 0.279.